The van der Waals surface area contributed by atoms with Crippen LogP contribution in [0.1, 0.15) is 32.3 Å². The number of aryl methyl sites for hydroxylation is 2. The van der Waals surface area contributed by atoms with Gasteiger partial charge in [0.2, 0.25) is 0 Å². The smallest absolute Gasteiger partial charge is 0.267 e. The van der Waals surface area contributed by atoms with Crippen LogP contribution in [0.15, 0.2) is 65.1 Å². The number of carbonyl (C=O) groups excluding carboxylic acids is 1. The second-order valence-electron chi connectivity index (χ2n) is 7.58. The van der Waals surface area contributed by atoms with E-state index in [0.29, 0.717) is 27.9 Å². The first-order valence-electron chi connectivity index (χ1n) is 9.92. The molecule has 0 aliphatic heterocycles. The average molecular weight is 447 g/mol. The molecule has 0 saturated carbocycles. The number of aromatic nitrogens is 1. The highest BCUT2D eigenvalue weighted by Gasteiger charge is 2.17. The first-order chi connectivity index (χ1) is 15.0. The van der Waals surface area contributed by atoms with Gasteiger partial charge in [0.25, 0.3) is 5.91 Å². The molecule has 31 heavy (non-hydrogen) atoms. The molecular weight excluding hydrogens is 428 g/mol. The first-order valence-corrected chi connectivity index (χ1v) is 11.1. The summed E-state index contributed by atoms with van der Waals surface area (Å²) in [7, 11) is 0. The Balaban J connectivity index is 1.31. The van der Waals surface area contributed by atoms with Gasteiger partial charge in [-0.2, -0.15) is 0 Å². The Kier molecular flexibility index (Phi) is 5.00. The molecule has 0 aliphatic rings. The Bertz CT molecular complexity index is 1390. The molecule has 0 fully saturated rings. The molecule has 3 aromatic carbocycles. The van der Waals surface area contributed by atoms with E-state index < -0.39 is 0 Å². The SMILES string of the molecule is Cc1cc2nc(Cc3ccc(NC(=O)c4sc5ccccc5c4Cl)cc3)oc2cc1C. The van der Waals surface area contributed by atoms with Crippen molar-refractivity contribution >= 4 is 55.7 Å². The van der Waals surface area contributed by atoms with E-state index in [0.717, 1.165) is 26.7 Å². The normalized spacial score (nSPS) is 11.3. The summed E-state index contributed by atoms with van der Waals surface area (Å²) in [5, 5.41) is 4.33. The van der Waals surface area contributed by atoms with E-state index in [2.05, 4.69) is 30.2 Å². The van der Waals surface area contributed by atoms with Gasteiger partial charge >= 0.3 is 0 Å². The van der Waals surface area contributed by atoms with E-state index >= 15 is 0 Å². The third-order valence-corrected chi connectivity index (χ3v) is 7.03. The molecule has 0 spiro atoms. The fourth-order valence-electron chi connectivity index (χ4n) is 3.53. The van der Waals surface area contributed by atoms with E-state index in [1.54, 1.807) is 0 Å². The number of nitrogens with zero attached hydrogens (tertiary/aromatic N) is 1. The molecule has 0 atom stereocenters. The van der Waals surface area contributed by atoms with Crippen molar-refractivity contribution in [3.63, 3.8) is 0 Å². The Hall–Kier alpha value is -3.15. The van der Waals surface area contributed by atoms with Crippen LogP contribution in [0.4, 0.5) is 5.69 Å². The number of hydrogen-bond donors (Lipinski definition) is 1. The lowest BCUT2D eigenvalue weighted by atomic mass is 10.1. The third-order valence-electron chi connectivity index (χ3n) is 5.36. The van der Waals surface area contributed by atoms with Gasteiger partial charge in [-0.3, -0.25) is 4.79 Å². The van der Waals surface area contributed by atoms with Crippen molar-refractivity contribution < 1.29 is 9.21 Å². The number of fused-ring (bicyclic) bond motifs is 2. The predicted octanol–water partition coefficient (Wildman–Crippen LogP) is 7.16. The average Bonchev–Trinajstić information content (AvgIpc) is 3.30. The van der Waals surface area contributed by atoms with E-state index in [1.807, 2.05) is 54.6 Å². The third kappa shape index (κ3) is 3.82. The Morgan fingerprint density at radius 2 is 1.81 bits per heavy atom. The van der Waals surface area contributed by atoms with Gasteiger partial charge in [0, 0.05) is 22.2 Å². The summed E-state index contributed by atoms with van der Waals surface area (Å²) in [4.78, 5) is 17.8. The molecule has 5 aromatic rings. The van der Waals surface area contributed by atoms with E-state index in [-0.39, 0.29) is 5.91 Å². The van der Waals surface area contributed by atoms with Crippen LogP contribution >= 0.6 is 22.9 Å². The van der Waals surface area contributed by atoms with Crippen LogP contribution in [-0.2, 0) is 6.42 Å². The minimum Gasteiger partial charge on any atom is -0.440 e. The number of oxazole rings is 1. The molecule has 0 radical (unpaired) electrons. The van der Waals surface area contributed by atoms with E-state index in [4.69, 9.17) is 16.0 Å². The fraction of sp³-hybridized carbons (Fsp3) is 0.120. The quantitative estimate of drug-likeness (QED) is 0.318. The number of halogens is 1. The summed E-state index contributed by atoms with van der Waals surface area (Å²) in [6.07, 6.45) is 0.586. The maximum absolute atomic E-state index is 12.7. The standard InChI is InChI=1S/C25H19ClN2O2S/c1-14-11-19-20(12-15(14)2)30-22(28-19)13-16-7-9-17(10-8-16)27-25(29)24-23(26)18-5-3-4-6-21(18)31-24/h3-12H,13H2,1-2H3,(H,27,29). The summed E-state index contributed by atoms with van der Waals surface area (Å²) >= 11 is 7.81. The highest BCUT2D eigenvalue weighted by atomic mass is 35.5. The number of anilines is 1. The number of carbonyl (C=O) groups is 1. The van der Waals surface area contributed by atoms with E-state index in [1.165, 1.54) is 22.5 Å². The van der Waals surface area contributed by atoms with Crippen molar-refractivity contribution in [1.82, 2.24) is 4.98 Å². The second kappa shape index (κ2) is 7.84. The van der Waals surface area contributed by atoms with Crippen LogP contribution in [0.2, 0.25) is 5.02 Å². The highest BCUT2D eigenvalue weighted by Crippen LogP contribution is 2.35. The second-order valence-corrected chi connectivity index (χ2v) is 9.01. The van der Waals surface area contributed by atoms with Crippen LogP contribution in [0, 0.1) is 13.8 Å². The molecule has 154 valence electrons. The minimum absolute atomic E-state index is 0.205. The lowest BCUT2D eigenvalue weighted by Crippen LogP contribution is -2.10. The van der Waals surface area contributed by atoms with Crippen molar-refractivity contribution in [3.8, 4) is 0 Å². The molecule has 4 nitrogen and oxygen atoms in total. The van der Waals surface area contributed by atoms with Crippen LogP contribution in [0.3, 0.4) is 0 Å². The van der Waals surface area contributed by atoms with Gasteiger partial charge in [-0.15, -0.1) is 11.3 Å². The zero-order valence-electron chi connectivity index (χ0n) is 17.0. The van der Waals surface area contributed by atoms with Crippen LogP contribution < -0.4 is 5.32 Å². The van der Waals surface area contributed by atoms with Crippen molar-refractivity contribution in [2.45, 2.75) is 20.3 Å². The highest BCUT2D eigenvalue weighted by molar-refractivity contribution is 7.21. The Morgan fingerprint density at radius 3 is 2.58 bits per heavy atom. The lowest BCUT2D eigenvalue weighted by Gasteiger charge is -2.05. The molecule has 2 aromatic heterocycles. The minimum atomic E-state index is -0.205. The maximum atomic E-state index is 12.7. The molecule has 0 bridgehead atoms. The molecule has 1 N–H and O–H groups in total. The van der Waals surface area contributed by atoms with Crippen LogP contribution in [-0.4, -0.2) is 10.9 Å². The fourth-order valence-corrected chi connectivity index (χ4v) is 4.94. The molecule has 6 heteroatoms. The van der Waals surface area contributed by atoms with Crippen molar-refractivity contribution in [2.24, 2.45) is 0 Å². The zero-order valence-corrected chi connectivity index (χ0v) is 18.6. The summed E-state index contributed by atoms with van der Waals surface area (Å²) in [5.74, 6) is 0.470. The largest absolute Gasteiger partial charge is 0.440 e. The van der Waals surface area contributed by atoms with Crippen molar-refractivity contribution in [2.75, 3.05) is 5.32 Å². The molecule has 0 saturated heterocycles. The number of thiophene rings is 1. The molecule has 0 unspecified atom stereocenters. The Morgan fingerprint density at radius 1 is 1.06 bits per heavy atom. The number of benzene rings is 3. The summed E-state index contributed by atoms with van der Waals surface area (Å²) in [5.41, 5.74) is 5.84. The summed E-state index contributed by atoms with van der Waals surface area (Å²) in [6, 6.07) is 19.5. The van der Waals surface area contributed by atoms with Gasteiger partial charge in [0.05, 0.1) is 5.02 Å². The van der Waals surface area contributed by atoms with Gasteiger partial charge < -0.3 is 9.73 Å². The molecule has 5 rings (SSSR count). The Labute approximate surface area is 188 Å². The van der Waals surface area contributed by atoms with E-state index in [9.17, 15) is 4.79 Å². The monoisotopic (exact) mass is 446 g/mol. The predicted molar refractivity (Wildman–Crippen MR) is 128 cm³/mol. The lowest BCUT2D eigenvalue weighted by molar-refractivity contribution is 0.103. The van der Waals surface area contributed by atoms with Crippen molar-refractivity contribution in [1.29, 1.82) is 0 Å². The summed E-state index contributed by atoms with van der Waals surface area (Å²) in [6.45, 7) is 4.14. The summed E-state index contributed by atoms with van der Waals surface area (Å²) < 4.78 is 6.91. The molecular formula is C25H19ClN2O2S. The van der Waals surface area contributed by atoms with Crippen molar-refractivity contribution in [3.05, 3.63) is 93.1 Å². The molecule has 1 amide bonds. The van der Waals surface area contributed by atoms with Crippen LogP contribution in [0.5, 0.6) is 0 Å². The number of hydrogen-bond acceptors (Lipinski definition) is 4. The van der Waals surface area contributed by atoms with Crippen LogP contribution in [0.25, 0.3) is 21.2 Å². The van der Waals surface area contributed by atoms with Gasteiger partial charge in [0.15, 0.2) is 11.5 Å². The van der Waals surface area contributed by atoms with Gasteiger partial charge in [-0.1, -0.05) is 41.9 Å². The van der Waals surface area contributed by atoms with Gasteiger partial charge in [-0.05, 0) is 60.9 Å². The zero-order chi connectivity index (χ0) is 21.5. The molecule has 0 aliphatic carbocycles. The number of nitrogens with one attached hydrogen (secondary N) is 1. The first kappa shape index (κ1) is 19.8. The molecule has 2 heterocycles. The number of amides is 1. The topological polar surface area (TPSA) is 55.1 Å². The van der Waals surface area contributed by atoms with Gasteiger partial charge in [0.1, 0.15) is 10.4 Å². The number of rotatable bonds is 4. The maximum Gasteiger partial charge on any atom is 0.267 e. The van der Waals surface area contributed by atoms with Gasteiger partial charge in [-0.25, -0.2) is 4.98 Å².